The fourth-order valence-corrected chi connectivity index (χ4v) is 4.39. The minimum absolute atomic E-state index is 0.0787. The van der Waals surface area contributed by atoms with E-state index in [9.17, 15) is 21.8 Å². The molecular formula is C16H14F2N2O3S2. The summed E-state index contributed by atoms with van der Waals surface area (Å²) < 4.78 is 63.7. The van der Waals surface area contributed by atoms with Gasteiger partial charge in [-0.1, -0.05) is 0 Å². The summed E-state index contributed by atoms with van der Waals surface area (Å²) in [6.07, 6.45) is 3.97. The van der Waals surface area contributed by atoms with Crippen LogP contribution in [0.4, 0.5) is 14.5 Å². The molecule has 2 aromatic rings. The number of nitrogens with zero attached hydrogens (tertiary/aromatic N) is 2. The Morgan fingerprint density at radius 3 is 2.56 bits per heavy atom. The molecule has 0 saturated heterocycles. The van der Waals surface area contributed by atoms with Gasteiger partial charge in [0.1, 0.15) is 27.6 Å². The van der Waals surface area contributed by atoms with Crippen LogP contribution in [0.25, 0.3) is 5.70 Å². The number of rotatable bonds is 3. The molecule has 0 aliphatic carbocycles. The molecular weight excluding hydrogens is 370 g/mol. The number of halogens is 2. The van der Waals surface area contributed by atoms with Gasteiger partial charge >= 0.3 is 0 Å². The van der Waals surface area contributed by atoms with Gasteiger partial charge in [0.2, 0.25) is 0 Å². The lowest BCUT2D eigenvalue weighted by Gasteiger charge is -2.20. The summed E-state index contributed by atoms with van der Waals surface area (Å²) in [5.74, 6) is -1.88. The Morgan fingerprint density at radius 2 is 1.92 bits per heavy atom. The largest absolute Gasteiger partial charge is 0.610 e. The van der Waals surface area contributed by atoms with E-state index in [0.29, 0.717) is 11.8 Å². The molecule has 0 spiro atoms. The lowest BCUT2D eigenvalue weighted by atomic mass is 10.1. The molecule has 0 fully saturated rings. The number of sulfone groups is 1. The van der Waals surface area contributed by atoms with E-state index in [1.807, 2.05) is 6.92 Å². The monoisotopic (exact) mass is 384 g/mol. The maximum Gasteiger partial charge on any atom is 0.187 e. The van der Waals surface area contributed by atoms with Crippen LogP contribution >= 0.6 is 0 Å². The molecule has 0 amide bonds. The van der Waals surface area contributed by atoms with Crippen LogP contribution in [0.3, 0.4) is 0 Å². The Kier molecular flexibility index (Phi) is 4.56. The highest BCUT2D eigenvalue weighted by Crippen LogP contribution is 2.35. The number of anilines is 1. The molecule has 1 aliphatic heterocycles. The van der Waals surface area contributed by atoms with Crippen LogP contribution in [-0.2, 0) is 21.0 Å². The zero-order chi connectivity index (χ0) is 18.4. The Morgan fingerprint density at radius 1 is 1.20 bits per heavy atom. The number of hydrogen-bond acceptors (Lipinski definition) is 5. The van der Waals surface area contributed by atoms with Crippen LogP contribution in [-0.4, -0.2) is 30.1 Å². The molecule has 1 atom stereocenters. The molecule has 1 unspecified atom stereocenters. The van der Waals surface area contributed by atoms with Gasteiger partial charge in [0.25, 0.3) is 0 Å². The molecule has 3 rings (SSSR count). The van der Waals surface area contributed by atoms with Gasteiger partial charge in [-0.3, -0.25) is 9.88 Å². The molecule has 0 N–H and O–H groups in total. The Labute approximate surface area is 147 Å². The molecule has 132 valence electrons. The van der Waals surface area contributed by atoms with Crippen LogP contribution < -0.4 is 4.90 Å². The van der Waals surface area contributed by atoms with Crippen LogP contribution in [0.1, 0.15) is 11.1 Å². The molecule has 1 aliphatic rings. The van der Waals surface area contributed by atoms with Crippen LogP contribution in [0.15, 0.2) is 40.9 Å². The average Bonchev–Trinajstić information content (AvgIpc) is 2.90. The van der Waals surface area contributed by atoms with Gasteiger partial charge in [-0.25, -0.2) is 17.2 Å². The van der Waals surface area contributed by atoms with Crippen molar-refractivity contribution in [2.24, 2.45) is 0 Å². The van der Waals surface area contributed by atoms with Gasteiger partial charge in [-0.15, -0.1) is 0 Å². The number of hydrogen-bond donors (Lipinski definition) is 0. The van der Waals surface area contributed by atoms with Gasteiger partial charge < -0.3 is 4.55 Å². The van der Waals surface area contributed by atoms with Gasteiger partial charge in [-0.2, -0.15) is 0 Å². The van der Waals surface area contributed by atoms with Crippen molar-refractivity contribution in [3.63, 3.8) is 0 Å². The maximum atomic E-state index is 14.5. The summed E-state index contributed by atoms with van der Waals surface area (Å²) in [5.41, 5.74) is 1.50. The van der Waals surface area contributed by atoms with Gasteiger partial charge in [0, 0.05) is 29.2 Å². The average molecular weight is 384 g/mol. The third kappa shape index (κ3) is 3.53. The molecule has 25 heavy (non-hydrogen) atoms. The predicted octanol–water partition coefficient (Wildman–Crippen LogP) is 2.60. The first kappa shape index (κ1) is 17.8. The van der Waals surface area contributed by atoms with Crippen molar-refractivity contribution >= 4 is 32.4 Å². The third-order valence-electron chi connectivity index (χ3n) is 3.66. The van der Waals surface area contributed by atoms with E-state index in [4.69, 9.17) is 0 Å². The third-order valence-corrected chi connectivity index (χ3v) is 5.77. The topological polar surface area (TPSA) is 73.3 Å². The molecule has 1 aromatic carbocycles. The molecule has 0 saturated carbocycles. The van der Waals surface area contributed by atoms with Crippen molar-refractivity contribution in [2.45, 2.75) is 11.8 Å². The van der Waals surface area contributed by atoms with Crippen molar-refractivity contribution in [2.75, 3.05) is 17.0 Å². The van der Waals surface area contributed by atoms with Crippen molar-refractivity contribution in [1.29, 1.82) is 0 Å². The highest BCUT2D eigenvalue weighted by atomic mass is 32.2. The minimum atomic E-state index is -3.90. The van der Waals surface area contributed by atoms with Gasteiger partial charge in [-0.05, 0) is 30.7 Å². The highest BCUT2D eigenvalue weighted by molar-refractivity contribution is 7.94. The summed E-state index contributed by atoms with van der Waals surface area (Å²) in [7, 11) is -3.90. The molecule has 0 radical (unpaired) electrons. The second-order valence-electron chi connectivity index (χ2n) is 5.70. The SMILES string of the molecule is Cc1cncc(N2C[S+]([O-])C=C2c2cc(F)c(S(C)(=O)=O)cc2F)c1. The highest BCUT2D eigenvalue weighted by Gasteiger charge is 2.31. The van der Waals surface area contributed by atoms with Crippen molar-refractivity contribution in [1.82, 2.24) is 4.98 Å². The van der Waals surface area contributed by atoms with E-state index >= 15 is 0 Å². The zero-order valence-electron chi connectivity index (χ0n) is 13.4. The Hall–Kier alpha value is -1.97. The van der Waals surface area contributed by atoms with Crippen LogP contribution in [0.2, 0.25) is 0 Å². The van der Waals surface area contributed by atoms with Crippen molar-refractivity contribution in [3.05, 3.63) is 58.8 Å². The second-order valence-corrected chi connectivity index (χ2v) is 8.94. The second kappa shape index (κ2) is 6.40. The molecule has 2 heterocycles. The summed E-state index contributed by atoms with van der Waals surface area (Å²) in [6.45, 7) is 1.83. The lowest BCUT2D eigenvalue weighted by molar-refractivity contribution is 0.554. The summed E-state index contributed by atoms with van der Waals surface area (Å²) in [6, 6.07) is 3.24. The Balaban J connectivity index is 2.11. The zero-order valence-corrected chi connectivity index (χ0v) is 15.0. The Bertz CT molecular complexity index is 977. The number of pyridine rings is 1. The fourth-order valence-electron chi connectivity index (χ4n) is 2.54. The molecule has 1 aromatic heterocycles. The van der Waals surface area contributed by atoms with Crippen molar-refractivity contribution < 1.29 is 21.8 Å². The van der Waals surface area contributed by atoms with E-state index in [1.54, 1.807) is 17.2 Å². The quantitative estimate of drug-likeness (QED) is 0.761. The maximum absolute atomic E-state index is 14.5. The first-order chi connectivity index (χ1) is 11.7. The van der Waals surface area contributed by atoms with E-state index in [-0.39, 0.29) is 17.1 Å². The van der Waals surface area contributed by atoms with Crippen molar-refractivity contribution in [3.8, 4) is 0 Å². The summed E-state index contributed by atoms with van der Waals surface area (Å²) in [4.78, 5) is 4.91. The first-order valence-electron chi connectivity index (χ1n) is 7.14. The van der Waals surface area contributed by atoms with Gasteiger partial charge in [0.15, 0.2) is 15.7 Å². The van der Waals surface area contributed by atoms with E-state index < -0.39 is 37.5 Å². The normalized spacial score (nSPS) is 17.7. The lowest BCUT2D eigenvalue weighted by Crippen LogP contribution is -2.21. The number of aromatic nitrogens is 1. The predicted molar refractivity (Wildman–Crippen MR) is 91.9 cm³/mol. The molecule has 5 nitrogen and oxygen atoms in total. The number of benzene rings is 1. The van der Waals surface area contributed by atoms with E-state index in [2.05, 4.69) is 4.98 Å². The number of aryl methyl sites for hydroxylation is 1. The summed E-state index contributed by atoms with van der Waals surface area (Å²) in [5, 5.41) is 1.32. The molecule has 9 heteroatoms. The standard InChI is InChI=1S/C16H14F2N2O3S2/c1-10-3-11(7-19-6-10)20-9-24(21)8-15(20)12-4-14(18)16(5-13(12)17)25(2,22)23/h3-8H,9H2,1-2H3. The van der Waals surface area contributed by atoms with E-state index in [0.717, 1.165) is 17.9 Å². The minimum Gasteiger partial charge on any atom is -0.610 e. The van der Waals surface area contributed by atoms with Gasteiger partial charge in [0.05, 0.1) is 11.9 Å². The van der Waals surface area contributed by atoms with Crippen LogP contribution in [0.5, 0.6) is 0 Å². The summed E-state index contributed by atoms with van der Waals surface area (Å²) >= 11 is -1.40. The first-order valence-corrected chi connectivity index (χ1v) is 10.4. The fraction of sp³-hybridized carbons (Fsp3) is 0.188. The smallest absolute Gasteiger partial charge is 0.187 e. The van der Waals surface area contributed by atoms with Crippen LogP contribution in [0, 0.1) is 18.6 Å². The molecule has 0 bridgehead atoms. The van der Waals surface area contributed by atoms with E-state index in [1.165, 1.54) is 11.6 Å².